The second-order valence-corrected chi connectivity index (χ2v) is 3.34. The van der Waals surface area contributed by atoms with Crippen LogP contribution < -0.4 is 5.32 Å². The van der Waals surface area contributed by atoms with Crippen molar-refractivity contribution in [1.82, 2.24) is 4.98 Å². The summed E-state index contributed by atoms with van der Waals surface area (Å²) in [6.07, 6.45) is -3.53. The molecule has 0 unspecified atom stereocenters. The van der Waals surface area contributed by atoms with E-state index in [0.29, 0.717) is 0 Å². The van der Waals surface area contributed by atoms with Crippen LogP contribution in [0.3, 0.4) is 0 Å². The Hall–Kier alpha value is -1.70. The monoisotopic (exact) mass is 266 g/mol. The van der Waals surface area contributed by atoms with Crippen LogP contribution in [0.15, 0.2) is 18.3 Å². The number of rotatable bonds is 5. The van der Waals surface area contributed by atoms with E-state index in [-0.39, 0.29) is 18.7 Å². The Morgan fingerprint density at radius 1 is 1.39 bits per heavy atom. The number of hydrogen-bond acceptors (Lipinski definition) is 3. The fraction of sp³-hybridized carbons (Fsp3) is 0.400. The number of pyridine rings is 1. The maximum atomic E-state index is 12.4. The fourth-order valence-corrected chi connectivity index (χ4v) is 1.03. The molecule has 1 amide bonds. The third kappa shape index (κ3) is 6.14. The van der Waals surface area contributed by atoms with Crippen LogP contribution in [-0.2, 0) is 9.53 Å². The van der Waals surface area contributed by atoms with E-state index in [2.05, 4.69) is 15.0 Å². The van der Waals surface area contributed by atoms with Gasteiger partial charge in [-0.25, -0.2) is 4.98 Å². The Balaban J connectivity index is 2.24. The number of nitrogens with one attached hydrogen (secondary N) is 1. The molecule has 0 saturated heterocycles. The molecule has 0 saturated carbocycles. The number of carbonyl (C=O) groups is 1. The van der Waals surface area contributed by atoms with Gasteiger partial charge >= 0.3 is 6.18 Å². The van der Waals surface area contributed by atoms with Crippen molar-refractivity contribution in [2.24, 2.45) is 0 Å². The molecule has 0 aliphatic heterocycles. The zero-order chi connectivity index (χ0) is 13.6. The number of carbonyl (C=O) groups excluding carboxylic acids is 1. The summed E-state index contributed by atoms with van der Waals surface area (Å²) in [4.78, 5) is 14.5. The van der Waals surface area contributed by atoms with Gasteiger partial charge in [-0.15, -0.1) is 0 Å². The van der Waals surface area contributed by atoms with Crippen LogP contribution in [0.2, 0.25) is 0 Å². The van der Waals surface area contributed by atoms with Crippen molar-refractivity contribution in [3.05, 3.63) is 24.3 Å². The van der Waals surface area contributed by atoms with Crippen LogP contribution >= 0.6 is 0 Å². The second-order valence-electron chi connectivity index (χ2n) is 3.34. The molecule has 1 heterocycles. The topological polar surface area (TPSA) is 51.2 Å². The number of anilines is 1. The summed E-state index contributed by atoms with van der Waals surface area (Å²) in [5, 5.41) is 2.34. The Morgan fingerprint density at radius 2 is 2.11 bits per heavy atom. The second kappa shape index (κ2) is 6.29. The van der Waals surface area contributed by atoms with Crippen molar-refractivity contribution < 1.29 is 27.1 Å². The van der Waals surface area contributed by atoms with E-state index >= 15 is 0 Å². The summed E-state index contributed by atoms with van der Waals surface area (Å²) in [6, 6.07) is 2.34. The first kappa shape index (κ1) is 14.4. The number of aromatic nitrogens is 1. The van der Waals surface area contributed by atoms with Crippen LogP contribution in [0.1, 0.15) is 6.42 Å². The van der Waals surface area contributed by atoms with E-state index in [4.69, 9.17) is 0 Å². The first-order chi connectivity index (χ1) is 8.37. The number of halogens is 4. The number of alkyl halides is 3. The van der Waals surface area contributed by atoms with Crippen molar-refractivity contribution in [1.29, 1.82) is 0 Å². The van der Waals surface area contributed by atoms with Gasteiger partial charge in [-0.3, -0.25) is 4.79 Å². The first-order valence-corrected chi connectivity index (χ1v) is 4.93. The van der Waals surface area contributed by atoms with Gasteiger partial charge < -0.3 is 10.1 Å². The molecule has 0 fully saturated rings. The van der Waals surface area contributed by atoms with Crippen LogP contribution in [0.5, 0.6) is 0 Å². The molecule has 4 nitrogen and oxygen atoms in total. The summed E-state index contributed by atoms with van der Waals surface area (Å²) in [5.74, 6) is -1.23. The Morgan fingerprint density at radius 3 is 2.67 bits per heavy atom. The molecule has 0 atom stereocenters. The van der Waals surface area contributed by atoms with E-state index in [9.17, 15) is 22.4 Å². The molecule has 1 N–H and O–H groups in total. The highest BCUT2D eigenvalue weighted by atomic mass is 19.4. The molecular weight excluding hydrogens is 256 g/mol. The van der Waals surface area contributed by atoms with Gasteiger partial charge in [0.25, 0.3) is 0 Å². The third-order valence-electron chi connectivity index (χ3n) is 1.75. The van der Waals surface area contributed by atoms with Crippen LogP contribution in [-0.4, -0.2) is 30.3 Å². The van der Waals surface area contributed by atoms with E-state index in [1.54, 1.807) is 0 Å². The maximum Gasteiger partial charge on any atom is 0.411 e. The lowest BCUT2D eigenvalue weighted by Gasteiger charge is -2.07. The molecule has 100 valence electrons. The van der Waals surface area contributed by atoms with Gasteiger partial charge in [-0.1, -0.05) is 0 Å². The van der Waals surface area contributed by atoms with Crippen molar-refractivity contribution in [3.8, 4) is 0 Å². The van der Waals surface area contributed by atoms with E-state index in [1.165, 1.54) is 6.07 Å². The summed E-state index contributed by atoms with van der Waals surface area (Å²) < 4.78 is 51.8. The average Bonchev–Trinajstić information content (AvgIpc) is 2.26. The minimum atomic E-state index is -4.41. The Kier molecular flexibility index (Phi) is 5.02. The van der Waals surface area contributed by atoms with Gasteiger partial charge in [-0.05, 0) is 12.1 Å². The predicted molar refractivity (Wildman–Crippen MR) is 54.3 cm³/mol. The molecule has 0 aromatic carbocycles. The summed E-state index contributed by atoms with van der Waals surface area (Å²) in [7, 11) is 0. The van der Waals surface area contributed by atoms with Gasteiger partial charge in [-0.2, -0.15) is 17.6 Å². The largest absolute Gasteiger partial charge is 0.411 e. The van der Waals surface area contributed by atoms with Crippen molar-refractivity contribution in [2.45, 2.75) is 12.6 Å². The predicted octanol–water partition coefficient (Wildman–Crippen LogP) is 2.13. The Labute approximate surface area is 100.0 Å². The van der Waals surface area contributed by atoms with Crippen molar-refractivity contribution in [3.63, 3.8) is 0 Å². The number of amides is 1. The molecule has 1 rings (SSSR count). The molecule has 0 aliphatic carbocycles. The highest BCUT2D eigenvalue weighted by molar-refractivity contribution is 5.90. The zero-order valence-electron chi connectivity index (χ0n) is 9.13. The molecule has 0 spiro atoms. The molecule has 1 aromatic rings. The smallest absolute Gasteiger partial charge is 0.372 e. The Bertz CT molecular complexity index is 392. The van der Waals surface area contributed by atoms with Crippen molar-refractivity contribution >= 4 is 11.6 Å². The molecule has 1 aromatic heterocycles. The van der Waals surface area contributed by atoms with Gasteiger partial charge in [0.15, 0.2) is 0 Å². The molecule has 18 heavy (non-hydrogen) atoms. The standard InChI is InChI=1S/C10H10F4N2O2/c11-8-2-1-7(5-15-8)16-9(17)3-4-18-6-10(12,13)14/h1-2,5H,3-4,6H2,(H,16,17). The summed E-state index contributed by atoms with van der Waals surface area (Å²) in [6.45, 7) is -1.74. The highest BCUT2D eigenvalue weighted by Gasteiger charge is 2.27. The SMILES string of the molecule is O=C(CCOCC(F)(F)F)Nc1ccc(F)nc1. The minimum Gasteiger partial charge on any atom is -0.372 e. The van der Waals surface area contributed by atoms with Crippen molar-refractivity contribution in [2.75, 3.05) is 18.5 Å². The number of ether oxygens (including phenoxy) is 1. The number of hydrogen-bond donors (Lipinski definition) is 1. The van der Waals surface area contributed by atoms with Crippen LogP contribution in [0, 0.1) is 5.95 Å². The van der Waals surface area contributed by atoms with Gasteiger partial charge in [0, 0.05) is 0 Å². The molecule has 8 heteroatoms. The van der Waals surface area contributed by atoms with Gasteiger partial charge in [0.1, 0.15) is 6.61 Å². The highest BCUT2D eigenvalue weighted by Crippen LogP contribution is 2.14. The van der Waals surface area contributed by atoms with Crippen LogP contribution in [0.4, 0.5) is 23.2 Å². The van der Waals surface area contributed by atoms with Gasteiger partial charge in [0.2, 0.25) is 11.9 Å². The van der Waals surface area contributed by atoms with Gasteiger partial charge in [0.05, 0.1) is 24.9 Å². The maximum absolute atomic E-state index is 12.4. The fourth-order valence-electron chi connectivity index (χ4n) is 1.03. The lowest BCUT2D eigenvalue weighted by atomic mass is 10.3. The van der Waals surface area contributed by atoms with E-state index in [0.717, 1.165) is 12.3 Å². The number of nitrogens with zero attached hydrogens (tertiary/aromatic N) is 1. The van der Waals surface area contributed by atoms with Crippen LogP contribution in [0.25, 0.3) is 0 Å². The third-order valence-corrected chi connectivity index (χ3v) is 1.75. The molecular formula is C10H10F4N2O2. The normalized spacial score (nSPS) is 11.3. The minimum absolute atomic E-state index is 0.229. The lowest BCUT2D eigenvalue weighted by Crippen LogP contribution is -2.20. The summed E-state index contributed by atoms with van der Waals surface area (Å²) in [5.41, 5.74) is 0.261. The molecule has 0 bridgehead atoms. The lowest BCUT2D eigenvalue weighted by molar-refractivity contribution is -0.174. The van der Waals surface area contributed by atoms with E-state index < -0.39 is 24.6 Å². The molecule has 0 aliphatic rings. The molecule has 0 radical (unpaired) electrons. The average molecular weight is 266 g/mol. The quantitative estimate of drug-likeness (QED) is 0.504. The first-order valence-electron chi connectivity index (χ1n) is 4.93. The summed E-state index contributed by atoms with van der Waals surface area (Å²) >= 11 is 0. The van der Waals surface area contributed by atoms with E-state index in [1.807, 2.05) is 0 Å². The zero-order valence-corrected chi connectivity index (χ0v) is 9.13.